The molecule has 2 rings (SSSR count). The average Bonchev–Trinajstić information content (AvgIpc) is 2.41. The molecule has 0 aliphatic carbocycles. The average molecular weight is 225 g/mol. The minimum Gasteiger partial charge on any atom is -0.366 e. The van der Waals surface area contributed by atoms with Crippen LogP contribution >= 0.6 is 0 Å². The Bertz CT molecular complexity index is 425. The summed E-state index contributed by atoms with van der Waals surface area (Å²) < 4.78 is 0. The highest BCUT2D eigenvalue weighted by Crippen LogP contribution is 2.17. The summed E-state index contributed by atoms with van der Waals surface area (Å²) in [7, 11) is 0. The third kappa shape index (κ3) is 4.80. The first kappa shape index (κ1) is 12.7. The highest BCUT2D eigenvalue weighted by atomic mass is 16.1. The van der Waals surface area contributed by atoms with E-state index in [1.54, 1.807) is 0 Å². The Hall–Kier alpha value is -2.35. The minimum absolute atomic E-state index is 0.481. The van der Waals surface area contributed by atoms with Gasteiger partial charge in [0, 0.05) is 0 Å². The predicted octanol–water partition coefficient (Wildman–Crippen LogP) is 3.01. The first-order valence-electron chi connectivity index (χ1n) is 5.26. The molecule has 0 aliphatic heterocycles. The first-order chi connectivity index (χ1) is 8.24. The van der Waals surface area contributed by atoms with Crippen LogP contribution in [0, 0.1) is 0 Å². The van der Waals surface area contributed by atoms with E-state index in [9.17, 15) is 4.79 Å². The van der Waals surface area contributed by atoms with Crippen LogP contribution in [0.3, 0.4) is 0 Å². The maximum absolute atomic E-state index is 9.47. The van der Waals surface area contributed by atoms with Gasteiger partial charge in [0.05, 0.1) is 0 Å². The Morgan fingerprint density at radius 1 is 0.882 bits per heavy atom. The zero-order valence-electron chi connectivity index (χ0n) is 9.54. The van der Waals surface area contributed by atoms with Crippen molar-refractivity contribution in [2.24, 2.45) is 5.73 Å². The zero-order valence-corrected chi connectivity index (χ0v) is 9.54. The summed E-state index contributed by atoms with van der Waals surface area (Å²) in [6, 6.07) is 20.8. The lowest BCUT2D eigenvalue weighted by Crippen LogP contribution is -2.04. The predicted molar refractivity (Wildman–Crippen MR) is 71.3 cm³/mol. The van der Waals surface area contributed by atoms with Crippen molar-refractivity contribution < 1.29 is 4.79 Å². The fourth-order valence-electron chi connectivity index (χ4n) is 1.26. The molecule has 0 fully saturated rings. The maximum Gasteiger partial charge on any atom is 0.240 e. The molecule has 0 unspecified atom stereocenters. The third-order valence-electron chi connectivity index (χ3n) is 2.08. The summed E-state index contributed by atoms with van der Waals surface area (Å²) in [5.41, 5.74) is 7.09. The number of carbonyl (C=O) groups excluding carboxylic acids is 1. The van der Waals surface area contributed by atoms with Crippen LogP contribution in [0.25, 0.3) is 11.1 Å². The molecule has 1 amide bonds. The van der Waals surface area contributed by atoms with E-state index in [0.717, 1.165) is 6.08 Å². The Labute approximate surface area is 101 Å². The van der Waals surface area contributed by atoms with E-state index < -0.39 is 5.91 Å². The molecule has 0 saturated carbocycles. The molecule has 0 spiro atoms. The normalized spacial score (nSPS) is 8.71. The molecule has 17 heavy (non-hydrogen) atoms. The lowest BCUT2D eigenvalue weighted by atomic mass is 10.1. The van der Waals surface area contributed by atoms with Gasteiger partial charge in [0.25, 0.3) is 0 Å². The van der Waals surface area contributed by atoms with E-state index in [1.807, 2.05) is 12.1 Å². The Balaban J connectivity index is 0.000000249. The number of benzene rings is 2. The number of primary amides is 1. The summed E-state index contributed by atoms with van der Waals surface area (Å²) in [5.74, 6) is -0.481. The monoisotopic (exact) mass is 225 g/mol. The van der Waals surface area contributed by atoms with Crippen molar-refractivity contribution in [1.29, 1.82) is 0 Å². The number of amides is 1. The molecular weight excluding hydrogens is 210 g/mol. The summed E-state index contributed by atoms with van der Waals surface area (Å²) in [6.07, 6.45) is 1.06. The van der Waals surface area contributed by atoms with Crippen LogP contribution < -0.4 is 5.73 Å². The van der Waals surface area contributed by atoms with Gasteiger partial charge < -0.3 is 5.73 Å². The van der Waals surface area contributed by atoms with Crippen molar-refractivity contribution in [3.05, 3.63) is 73.3 Å². The molecule has 0 heterocycles. The van der Waals surface area contributed by atoms with Crippen molar-refractivity contribution in [1.82, 2.24) is 0 Å². The molecule has 0 aliphatic rings. The van der Waals surface area contributed by atoms with Gasteiger partial charge in [-0.25, -0.2) is 0 Å². The van der Waals surface area contributed by atoms with Gasteiger partial charge in [-0.3, -0.25) is 4.79 Å². The van der Waals surface area contributed by atoms with Gasteiger partial charge in [-0.05, 0) is 17.2 Å². The fraction of sp³-hybridized carbons (Fsp3) is 0. The maximum atomic E-state index is 9.47. The van der Waals surface area contributed by atoms with Crippen molar-refractivity contribution in [2.45, 2.75) is 0 Å². The van der Waals surface area contributed by atoms with Gasteiger partial charge in [-0.15, -0.1) is 0 Å². The molecule has 2 nitrogen and oxygen atoms in total. The largest absolute Gasteiger partial charge is 0.366 e. The van der Waals surface area contributed by atoms with Crippen LogP contribution in [-0.4, -0.2) is 5.91 Å². The van der Waals surface area contributed by atoms with E-state index in [0.29, 0.717) is 0 Å². The lowest BCUT2D eigenvalue weighted by Gasteiger charge is -1.98. The fourth-order valence-corrected chi connectivity index (χ4v) is 1.26. The van der Waals surface area contributed by atoms with E-state index in [2.05, 4.69) is 60.8 Å². The van der Waals surface area contributed by atoms with Crippen LogP contribution in [0.1, 0.15) is 0 Å². The highest BCUT2D eigenvalue weighted by Gasteiger charge is 1.91. The summed E-state index contributed by atoms with van der Waals surface area (Å²) in [6.45, 7) is 3.09. The van der Waals surface area contributed by atoms with Gasteiger partial charge in [-0.2, -0.15) is 0 Å². The van der Waals surface area contributed by atoms with Gasteiger partial charge in [0.1, 0.15) is 0 Å². The summed E-state index contributed by atoms with van der Waals surface area (Å²) >= 11 is 0. The van der Waals surface area contributed by atoms with Gasteiger partial charge in [0.15, 0.2) is 0 Å². The molecule has 0 atom stereocenters. The standard InChI is InChI=1S/C12H10.C3H5NO/c1-3-7-11(8-4-1)12-9-5-2-6-10-12;1-2-3(4)5/h1-10H;2H,1H2,(H2,4,5). The van der Waals surface area contributed by atoms with E-state index in [4.69, 9.17) is 0 Å². The van der Waals surface area contributed by atoms with Crippen LogP contribution in [0.4, 0.5) is 0 Å². The molecule has 2 heteroatoms. The smallest absolute Gasteiger partial charge is 0.240 e. The molecule has 0 aromatic heterocycles. The van der Waals surface area contributed by atoms with Crippen molar-refractivity contribution in [2.75, 3.05) is 0 Å². The van der Waals surface area contributed by atoms with Crippen LogP contribution in [-0.2, 0) is 4.79 Å². The number of hydrogen-bond donors (Lipinski definition) is 1. The van der Waals surface area contributed by atoms with Crippen molar-refractivity contribution >= 4 is 5.91 Å². The lowest BCUT2D eigenvalue weighted by molar-refractivity contribution is -0.113. The number of rotatable bonds is 2. The molecule has 86 valence electrons. The molecule has 0 saturated heterocycles. The SMILES string of the molecule is C=CC(N)=O.c1ccc(-c2ccccc2)cc1. The van der Waals surface area contributed by atoms with E-state index in [1.165, 1.54) is 11.1 Å². The topological polar surface area (TPSA) is 43.1 Å². The number of nitrogens with two attached hydrogens (primary N) is 1. The molecule has 0 bridgehead atoms. The molecule has 0 radical (unpaired) electrons. The molecule has 2 N–H and O–H groups in total. The first-order valence-corrected chi connectivity index (χ1v) is 5.26. The second-order valence-electron chi connectivity index (χ2n) is 3.34. The third-order valence-corrected chi connectivity index (χ3v) is 2.08. The number of carbonyl (C=O) groups is 1. The minimum atomic E-state index is -0.481. The summed E-state index contributed by atoms with van der Waals surface area (Å²) in [4.78, 5) is 9.47. The van der Waals surface area contributed by atoms with Gasteiger partial charge in [-0.1, -0.05) is 67.2 Å². The Kier molecular flexibility index (Phi) is 5.25. The quantitative estimate of drug-likeness (QED) is 0.784. The second kappa shape index (κ2) is 7.01. The Morgan fingerprint density at radius 2 is 1.18 bits per heavy atom. The Morgan fingerprint density at radius 3 is 1.41 bits per heavy atom. The van der Waals surface area contributed by atoms with Crippen LogP contribution in [0.2, 0.25) is 0 Å². The van der Waals surface area contributed by atoms with Crippen molar-refractivity contribution in [3.8, 4) is 11.1 Å². The van der Waals surface area contributed by atoms with Crippen LogP contribution in [0.5, 0.6) is 0 Å². The second-order valence-corrected chi connectivity index (χ2v) is 3.34. The van der Waals surface area contributed by atoms with Crippen LogP contribution in [0.15, 0.2) is 73.3 Å². The number of hydrogen-bond acceptors (Lipinski definition) is 1. The van der Waals surface area contributed by atoms with Gasteiger partial charge in [0.2, 0.25) is 5.91 Å². The molecule has 2 aromatic rings. The summed E-state index contributed by atoms with van der Waals surface area (Å²) in [5, 5.41) is 0. The van der Waals surface area contributed by atoms with Crippen molar-refractivity contribution in [3.63, 3.8) is 0 Å². The zero-order chi connectivity index (χ0) is 12.5. The van der Waals surface area contributed by atoms with Gasteiger partial charge >= 0.3 is 0 Å². The van der Waals surface area contributed by atoms with E-state index in [-0.39, 0.29) is 0 Å². The molecule has 2 aromatic carbocycles. The molecular formula is C15H15NO. The highest BCUT2D eigenvalue weighted by molar-refractivity contribution is 5.84. The van der Waals surface area contributed by atoms with E-state index >= 15 is 0 Å².